The van der Waals surface area contributed by atoms with Crippen molar-refractivity contribution in [3.8, 4) is 11.8 Å². The normalized spacial score (nSPS) is 10.9. The standard InChI is InChI=1S/C8H13NO3/c1-5(2)12-4-6-3-7(10)9-8(6)11/h3,5,9-11H,4H2,1-2H3. The van der Waals surface area contributed by atoms with Gasteiger partial charge in [-0.05, 0) is 13.8 Å². The maximum atomic E-state index is 9.15. The highest BCUT2D eigenvalue weighted by Gasteiger charge is 2.06. The van der Waals surface area contributed by atoms with Gasteiger partial charge in [0.25, 0.3) is 0 Å². The van der Waals surface area contributed by atoms with Gasteiger partial charge in [0, 0.05) is 11.6 Å². The summed E-state index contributed by atoms with van der Waals surface area (Å²) in [7, 11) is 0. The van der Waals surface area contributed by atoms with E-state index in [0.29, 0.717) is 12.2 Å². The summed E-state index contributed by atoms with van der Waals surface area (Å²) in [5.41, 5.74) is 0.571. The summed E-state index contributed by atoms with van der Waals surface area (Å²) in [6.07, 6.45) is 0.112. The van der Waals surface area contributed by atoms with Crippen LogP contribution < -0.4 is 0 Å². The number of hydrogen-bond donors (Lipinski definition) is 3. The van der Waals surface area contributed by atoms with Crippen LogP contribution in [0.15, 0.2) is 6.07 Å². The van der Waals surface area contributed by atoms with E-state index in [9.17, 15) is 0 Å². The monoisotopic (exact) mass is 171 g/mol. The topological polar surface area (TPSA) is 65.5 Å². The van der Waals surface area contributed by atoms with Crippen LogP contribution in [0.4, 0.5) is 0 Å². The van der Waals surface area contributed by atoms with E-state index >= 15 is 0 Å². The Morgan fingerprint density at radius 1 is 1.50 bits per heavy atom. The largest absolute Gasteiger partial charge is 0.495 e. The lowest BCUT2D eigenvalue weighted by Gasteiger charge is -2.05. The van der Waals surface area contributed by atoms with Crippen molar-refractivity contribution in [3.05, 3.63) is 11.6 Å². The second kappa shape index (κ2) is 3.49. The van der Waals surface area contributed by atoms with Crippen molar-refractivity contribution in [1.82, 2.24) is 4.98 Å². The number of nitrogens with one attached hydrogen (secondary N) is 1. The Labute approximate surface area is 70.8 Å². The number of rotatable bonds is 3. The molecule has 0 saturated heterocycles. The zero-order valence-corrected chi connectivity index (χ0v) is 7.16. The van der Waals surface area contributed by atoms with Crippen molar-refractivity contribution in [2.45, 2.75) is 26.6 Å². The van der Waals surface area contributed by atoms with E-state index in [0.717, 1.165) is 0 Å². The van der Waals surface area contributed by atoms with Crippen molar-refractivity contribution < 1.29 is 14.9 Å². The van der Waals surface area contributed by atoms with E-state index in [-0.39, 0.29) is 17.9 Å². The molecule has 3 N–H and O–H groups in total. The van der Waals surface area contributed by atoms with E-state index in [2.05, 4.69) is 4.98 Å². The third-order valence-corrected chi connectivity index (χ3v) is 1.43. The van der Waals surface area contributed by atoms with E-state index in [1.54, 1.807) is 0 Å². The van der Waals surface area contributed by atoms with Crippen molar-refractivity contribution in [2.24, 2.45) is 0 Å². The average molecular weight is 171 g/mol. The Kier molecular flexibility index (Phi) is 2.60. The predicted octanol–water partition coefficient (Wildman–Crippen LogP) is 1.35. The van der Waals surface area contributed by atoms with E-state index in [1.165, 1.54) is 6.07 Å². The van der Waals surface area contributed by atoms with Crippen LogP contribution in [0.1, 0.15) is 19.4 Å². The van der Waals surface area contributed by atoms with Gasteiger partial charge in [0.15, 0.2) is 11.8 Å². The van der Waals surface area contributed by atoms with Crippen molar-refractivity contribution >= 4 is 0 Å². The first-order chi connectivity index (χ1) is 5.59. The first kappa shape index (κ1) is 8.93. The van der Waals surface area contributed by atoms with E-state index < -0.39 is 0 Å². The Morgan fingerprint density at radius 2 is 2.17 bits per heavy atom. The van der Waals surface area contributed by atoms with Crippen LogP contribution in [0.25, 0.3) is 0 Å². The van der Waals surface area contributed by atoms with E-state index in [1.807, 2.05) is 13.8 Å². The van der Waals surface area contributed by atoms with Crippen LogP contribution in [0.3, 0.4) is 0 Å². The molecule has 0 amide bonds. The van der Waals surface area contributed by atoms with Crippen LogP contribution >= 0.6 is 0 Å². The number of hydrogen-bond acceptors (Lipinski definition) is 3. The van der Waals surface area contributed by atoms with Crippen molar-refractivity contribution in [3.63, 3.8) is 0 Å². The molecular weight excluding hydrogens is 158 g/mol. The van der Waals surface area contributed by atoms with Gasteiger partial charge < -0.3 is 14.9 Å². The highest BCUT2D eigenvalue weighted by Crippen LogP contribution is 2.22. The van der Waals surface area contributed by atoms with Gasteiger partial charge in [-0.3, -0.25) is 4.98 Å². The molecule has 0 aliphatic carbocycles. The Bertz CT molecular complexity index is 255. The minimum atomic E-state index is -0.0464. The van der Waals surface area contributed by atoms with Gasteiger partial charge in [0.1, 0.15) is 0 Å². The molecule has 1 aromatic heterocycles. The van der Waals surface area contributed by atoms with Crippen LogP contribution in [0, 0.1) is 0 Å². The third-order valence-electron chi connectivity index (χ3n) is 1.43. The van der Waals surface area contributed by atoms with Crippen LogP contribution in [0.2, 0.25) is 0 Å². The smallest absolute Gasteiger partial charge is 0.196 e. The molecule has 1 heterocycles. The molecule has 0 radical (unpaired) electrons. The summed E-state index contributed by atoms with van der Waals surface area (Å²) in [6.45, 7) is 4.12. The Balaban J connectivity index is 2.57. The lowest BCUT2D eigenvalue weighted by Crippen LogP contribution is -2.01. The SMILES string of the molecule is CC(C)OCc1cc(O)[nH]c1O. The molecule has 0 unspecified atom stereocenters. The number of H-pyrrole nitrogens is 1. The van der Waals surface area contributed by atoms with Gasteiger partial charge in [0.2, 0.25) is 0 Å². The zero-order chi connectivity index (χ0) is 9.14. The average Bonchev–Trinajstić information content (AvgIpc) is 2.26. The highest BCUT2D eigenvalue weighted by atomic mass is 16.5. The van der Waals surface area contributed by atoms with Gasteiger partial charge in [-0.25, -0.2) is 0 Å². The van der Waals surface area contributed by atoms with Crippen molar-refractivity contribution in [1.29, 1.82) is 0 Å². The zero-order valence-electron chi connectivity index (χ0n) is 7.16. The summed E-state index contributed by atoms with van der Waals surface area (Å²) < 4.78 is 5.23. The molecule has 1 aromatic rings. The summed E-state index contributed by atoms with van der Waals surface area (Å²) in [6, 6.07) is 1.44. The summed E-state index contributed by atoms with van der Waals surface area (Å²) >= 11 is 0. The quantitative estimate of drug-likeness (QED) is 0.643. The van der Waals surface area contributed by atoms with Crippen molar-refractivity contribution in [2.75, 3.05) is 0 Å². The first-order valence-electron chi connectivity index (χ1n) is 3.81. The minimum absolute atomic E-state index is 0.0341. The molecule has 0 bridgehead atoms. The second-order valence-electron chi connectivity index (χ2n) is 2.89. The molecule has 0 fully saturated rings. The maximum absolute atomic E-state index is 9.15. The Hall–Kier alpha value is -1.16. The molecule has 0 saturated carbocycles. The molecular formula is C8H13NO3. The number of ether oxygens (including phenoxy) is 1. The maximum Gasteiger partial charge on any atom is 0.196 e. The fourth-order valence-electron chi connectivity index (χ4n) is 0.838. The fraction of sp³-hybridized carbons (Fsp3) is 0.500. The molecule has 4 nitrogen and oxygen atoms in total. The van der Waals surface area contributed by atoms with E-state index in [4.69, 9.17) is 14.9 Å². The van der Waals surface area contributed by atoms with Crippen LogP contribution in [0.5, 0.6) is 11.8 Å². The summed E-state index contributed by atoms with van der Waals surface area (Å²) in [5, 5.41) is 18.1. The lowest BCUT2D eigenvalue weighted by atomic mass is 10.3. The highest BCUT2D eigenvalue weighted by molar-refractivity contribution is 5.31. The summed E-state index contributed by atoms with van der Waals surface area (Å²) in [5.74, 6) is -0.0805. The van der Waals surface area contributed by atoms with Gasteiger partial charge in [0.05, 0.1) is 12.7 Å². The molecule has 68 valence electrons. The summed E-state index contributed by atoms with van der Waals surface area (Å²) in [4.78, 5) is 2.36. The minimum Gasteiger partial charge on any atom is -0.495 e. The van der Waals surface area contributed by atoms with Gasteiger partial charge in [-0.1, -0.05) is 0 Å². The third kappa shape index (κ3) is 2.17. The molecule has 0 spiro atoms. The molecule has 0 aromatic carbocycles. The van der Waals surface area contributed by atoms with Crippen LogP contribution in [-0.2, 0) is 11.3 Å². The van der Waals surface area contributed by atoms with Crippen LogP contribution in [-0.4, -0.2) is 21.3 Å². The molecule has 1 rings (SSSR count). The number of aromatic nitrogens is 1. The second-order valence-corrected chi connectivity index (χ2v) is 2.89. The fourth-order valence-corrected chi connectivity index (χ4v) is 0.838. The lowest BCUT2D eigenvalue weighted by molar-refractivity contribution is 0.0645. The van der Waals surface area contributed by atoms with Gasteiger partial charge in [-0.15, -0.1) is 0 Å². The molecule has 0 aliphatic rings. The molecule has 12 heavy (non-hydrogen) atoms. The number of aromatic amines is 1. The van der Waals surface area contributed by atoms with Gasteiger partial charge in [-0.2, -0.15) is 0 Å². The Morgan fingerprint density at radius 3 is 2.58 bits per heavy atom. The molecule has 4 heteroatoms. The van der Waals surface area contributed by atoms with Gasteiger partial charge >= 0.3 is 0 Å². The number of aromatic hydroxyl groups is 2. The molecule has 0 aliphatic heterocycles. The molecule has 0 atom stereocenters. The predicted molar refractivity (Wildman–Crippen MR) is 44.0 cm³/mol. The first-order valence-corrected chi connectivity index (χ1v) is 3.81.